The van der Waals surface area contributed by atoms with Crippen molar-refractivity contribution in [3.63, 3.8) is 0 Å². The zero-order valence-corrected chi connectivity index (χ0v) is 9.67. The third kappa shape index (κ3) is 1.84. The molecule has 1 aromatic heterocycles. The first-order valence-electron chi connectivity index (χ1n) is 5.03. The highest BCUT2D eigenvalue weighted by Gasteiger charge is 2.43. The quantitative estimate of drug-likeness (QED) is 0.781. The molecule has 0 amide bonds. The van der Waals surface area contributed by atoms with Gasteiger partial charge in [-0.3, -0.25) is 4.79 Å². The number of halogens is 2. The van der Waals surface area contributed by atoms with Crippen molar-refractivity contribution in [2.45, 2.75) is 6.29 Å². The minimum absolute atomic E-state index is 0.00134. The highest BCUT2D eigenvalue weighted by Crippen LogP contribution is 2.43. The van der Waals surface area contributed by atoms with Crippen molar-refractivity contribution in [2.75, 3.05) is 0 Å². The Labute approximate surface area is 105 Å². The van der Waals surface area contributed by atoms with Crippen LogP contribution in [0.3, 0.4) is 0 Å². The summed E-state index contributed by atoms with van der Waals surface area (Å²) >= 11 is 1.28. The molecule has 3 rings (SSSR count). The maximum Gasteiger partial charge on any atom is 0.586 e. The molecular weight excluding hydrogens is 262 g/mol. The number of alkyl halides is 2. The Morgan fingerprint density at radius 2 is 1.89 bits per heavy atom. The van der Waals surface area contributed by atoms with E-state index in [1.807, 2.05) is 0 Å². The second-order valence-corrected chi connectivity index (χ2v) is 4.76. The number of hydrogen-bond acceptors (Lipinski definition) is 4. The van der Waals surface area contributed by atoms with Crippen LogP contribution in [0.15, 0.2) is 30.3 Å². The van der Waals surface area contributed by atoms with Crippen LogP contribution in [-0.2, 0) is 0 Å². The largest absolute Gasteiger partial charge is 0.586 e. The lowest BCUT2D eigenvalue weighted by Crippen LogP contribution is -2.25. The number of carbonyl (C=O) groups is 1. The summed E-state index contributed by atoms with van der Waals surface area (Å²) in [6.45, 7) is 0. The molecule has 2 heterocycles. The van der Waals surface area contributed by atoms with Gasteiger partial charge in [0.1, 0.15) is 0 Å². The van der Waals surface area contributed by atoms with E-state index in [0.29, 0.717) is 10.4 Å². The lowest BCUT2D eigenvalue weighted by atomic mass is 10.1. The Morgan fingerprint density at radius 3 is 2.61 bits per heavy atom. The molecule has 0 bridgehead atoms. The van der Waals surface area contributed by atoms with E-state index in [1.165, 1.54) is 23.5 Å². The summed E-state index contributed by atoms with van der Waals surface area (Å²) in [5, 5.41) is 0. The molecule has 0 saturated carbocycles. The third-order valence-corrected chi connectivity index (χ3v) is 3.49. The first-order chi connectivity index (χ1) is 8.57. The second-order valence-electron chi connectivity index (χ2n) is 3.65. The molecule has 0 fully saturated rings. The number of rotatable bonds is 2. The molecule has 0 saturated heterocycles. The molecule has 2 aromatic rings. The SMILES string of the molecule is O=Cc1ccc(-c2ccc3c(c2)OC(F)(F)O3)s1. The summed E-state index contributed by atoms with van der Waals surface area (Å²) in [4.78, 5) is 12.0. The van der Waals surface area contributed by atoms with Gasteiger partial charge in [-0.25, -0.2) is 0 Å². The fraction of sp³-hybridized carbons (Fsp3) is 0.0833. The van der Waals surface area contributed by atoms with Gasteiger partial charge in [-0.15, -0.1) is 20.1 Å². The van der Waals surface area contributed by atoms with Crippen molar-refractivity contribution in [1.29, 1.82) is 0 Å². The minimum Gasteiger partial charge on any atom is -0.395 e. The highest BCUT2D eigenvalue weighted by atomic mass is 32.1. The second kappa shape index (κ2) is 3.78. The Bertz CT molecular complexity index is 622. The van der Waals surface area contributed by atoms with Gasteiger partial charge in [0.05, 0.1) is 4.88 Å². The van der Waals surface area contributed by atoms with E-state index in [9.17, 15) is 13.6 Å². The number of benzene rings is 1. The Morgan fingerprint density at radius 1 is 1.11 bits per heavy atom. The van der Waals surface area contributed by atoms with Crippen LogP contribution >= 0.6 is 11.3 Å². The Hall–Kier alpha value is -1.95. The highest BCUT2D eigenvalue weighted by molar-refractivity contribution is 7.17. The Kier molecular flexibility index (Phi) is 2.34. The number of carbonyl (C=O) groups excluding carboxylic acids is 1. The van der Waals surface area contributed by atoms with Crippen molar-refractivity contribution >= 4 is 17.6 Å². The van der Waals surface area contributed by atoms with Gasteiger partial charge in [-0.1, -0.05) is 0 Å². The van der Waals surface area contributed by atoms with Crippen LogP contribution in [0, 0.1) is 0 Å². The molecule has 6 heteroatoms. The lowest BCUT2D eigenvalue weighted by Gasteiger charge is -2.04. The van der Waals surface area contributed by atoms with E-state index in [1.54, 1.807) is 18.2 Å². The molecule has 0 atom stereocenters. The van der Waals surface area contributed by atoms with E-state index in [2.05, 4.69) is 9.47 Å². The summed E-state index contributed by atoms with van der Waals surface area (Å²) in [5.74, 6) is 0.00877. The topological polar surface area (TPSA) is 35.5 Å². The number of hydrogen-bond donors (Lipinski definition) is 0. The molecule has 1 aliphatic rings. The molecule has 18 heavy (non-hydrogen) atoms. The van der Waals surface area contributed by atoms with E-state index in [-0.39, 0.29) is 11.5 Å². The summed E-state index contributed by atoms with van der Waals surface area (Å²) in [7, 11) is 0. The Balaban J connectivity index is 1.99. The molecule has 0 N–H and O–H groups in total. The van der Waals surface area contributed by atoms with Gasteiger partial charge in [0.15, 0.2) is 17.8 Å². The van der Waals surface area contributed by atoms with E-state index in [4.69, 9.17) is 0 Å². The first kappa shape index (κ1) is 11.2. The van der Waals surface area contributed by atoms with Crippen molar-refractivity contribution in [3.05, 3.63) is 35.2 Å². The zero-order chi connectivity index (χ0) is 12.8. The molecule has 92 valence electrons. The average Bonchev–Trinajstić information content (AvgIpc) is 2.89. The fourth-order valence-corrected chi connectivity index (χ4v) is 2.49. The predicted octanol–water partition coefficient (Wildman–Crippen LogP) is 3.55. The van der Waals surface area contributed by atoms with Gasteiger partial charge < -0.3 is 9.47 Å². The van der Waals surface area contributed by atoms with Crippen molar-refractivity contribution < 1.29 is 23.0 Å². The van der Waals surface area contributed by atoms with Gasteiger partial charge in [0.25, 0.3) is 0 Å². The van der Waals surface area contributed by atoms with E-state index in [0.717, 1.165) is 11.2 Å². The first-order valence-corrected chi connectivity index (χ1v) is 5.84. The molecule has 0 spiro atoms. The van der Waals surface area contributed by atoms with Gasteiger partial charge in [0.2, 0.25) is 0 Å². The fourth-order valence-electron chi connectivity index (χ4n) is 1.67. The molecule has 0 unspecified atom stereocenters. The van der Waals surface area contributed by atoms with Crippen LogP contribution in [0.4, 0.5) is 8.78 Å². The molecule has 1 aromatic carbocycles. The summed E-state index contributed by atoms with van der Waals surface area (Å²) < 4.78 is 34.4. The molecule has 1 aliphatic heterocycles. The van der Waals surface area contributed by atoms with Crippen LogP contribution in [0.2, 0.25) is 0 Å². The van der Waals surface area contributed by atoms with E-state index >= 15 is 0 Å². The summed E-state index contributed by atoms with van der Waals surface area (Å²) in [6, 6.07) is 7.96. The third-order valence-electron chi connectivity index (χ3n) is 2.43. The van der Waals surface area contributed by atoms with Crippen LogP contribution < -0.4 is 9.47 Å². The average molecular weight is 268 g/mol. The predicted molar refractivity (Wildman–Crippen MR) is 61.3 cm³/mol. The summed E-state index contributed by atoms with van der Waals surface area (Å²) in [6.07, 6.45) is -2.86. The van der Waals surface area contributed by atoms with Crippen LogP contribution in [0.25, 0.3) is 10.4 Å². The maximum atomic E-state index is 12.8. The zero-order valence-electron chi connectivity index (χ0n) is 8.85. The number of fused-ring (bicyclic) bond motifs is 1. The normalized spacial score (nSPS) is 15.7. The van der Waals surface area contributed by atoms with Gasteiger partial charge in [-0.2, -0.15) is 0 Å². The maximum absolute atomic E-state index is 12.8. The van der Waals surface area contributed by atoms with Crippen LogP contribution in [0.5, 0.6) is 11.5 Å². The summed E-state index contributed by atoms with van der Waals surface area (Å²) in [5.41, 5.74) is 0.702. The van der Waals surface area contributed by atoms with Crippen LogP contribution in [0.1, 0.15) is 9.67 Å². The minimum atomic E-state index is -3.61. The number of ether oxygens (including phenoxy) is 2. The van der Waals surface area contributed by atoms with Crippen molar-refractivity contribution in [1.82, 2.24) is 0 Å². The molecular formula is C12H6F2O3S. The molecule has 0 radical (unpaired) electrons. The van der Waals surface area contributed by atoms with Gasteiger partial charge in [-0.05, 0) is 35.9 Å². The molecule has 0 aliphatic carbocycles. The van der Waals surface area contributed by atoms with Gasteiger partial charge in [0, 0.05) is 4.88 Å². The monoisotopic (exact) mass is 268 g/mol. The van der Waals surface area contributed by atoms with Gasteiger partial charge >= 0.3 is 6.29 Å². The standard InChI is InChI=1S/C12H6F2O3S/c13-12(14)16-9-3-1-7(5-10(9)17-12)11-4-2-8(6-15)18-11/h1-6H. The number of aldehydes is 1. The molecule has 3 nitrogen and oxygen atoms in total. The van der Waals surface area contributed by atoms with E-state index < -0.39 is 6.29 Å². The smallest absolute Gasteiger partial charge is 0.395 e. The lowest BCUT2D eigenvalue weighted by molar-refractivity contribution is -0.286. The number of thiophene rings is 1. The van der Waals surface area contributed by atoms with Crippen molar-refractivity contribution in [3.8, 4) is 21.9 Å². The van der Waals surface area contributed by atoms with Crippen LogP contribution in [-0.4, -0.2) is 12.6 Å². The van der Waals surface area contributed by atoms with Crippen molar-refractivity contribution in [2.24, 2.45) is 0 Å².